The zero-order valence-corrected chi connectivity index (χ0v) is 17.7. The lowest BCUT2D eigenvalue weighted by Crippen LogP contribution is -2.35. The molecule has 0 bridgehead atoms. The van der Waals surface area contributed by atoms with Crippen LogP contribution in [-0.4, -0.2) is 34.7 Å². The lowest BCUT2D eigenvalue weighted by molar-refractivity contribution is 0.405. The Hall–Kier alpha value is -2.55. The number of sulfonamides is 1. The number of imidazole rings is 1. The molecule has 4 aromatic rings. The molecule has 1 aliphatic rings. The summed E-state index contributed by atoms with van der Waals surface area (Å²) in [7, 11) is -3.65. The number of halogens is 1. The molecule has 5 rings (SSSR count). The van der Waals surface area contributed by atoms with Gasteiger partial charge in [0.05, 0.1) is 10.6 Å². The molecule has 1 saturated carbocycles. The van der Waals surface area contributed by atoms with Crippen molar-refractivity contribution in [2.24, 2.45) is 0 Å². The third kappa shape index (κ3) is 3.66. The Bertz CT molecular complexity index is 1280. The van der Waals surface area contributed by atoms with E-state index in [-0.39, 0.29) is 10.9 Å². The van der Waals surface area contributed by atoms with Gasteiger partial charge >= 0.3 is 0 Å². The van der Waals surface area contributed by atoms with Crippen LogP contribution in [0.1, 0.15) is 18.5 Å². The van der Waals surface area contributed by atoms with Crippen molar-refractivity contribution in [3.63, 3.8) is 0 Å². The van der Waals surface area contributed by atoms with E-state index in [9.17, 15) is 12.8 Å². The Labute approximate surface area is 178 Å². The van der Waals surface area contributed by atoms with Crippen LogP contribution in [0.3, 0.4) is 0 Å². The highest BCUT2D eigenvalue weighted by molar-refractivity contribution is 7.89. The van der Waals surface area contributed by atoms with Crippen LogP contribution >= 0.6 is 11.3 Å². The molecular formula is C22H20FN3O2S2. The fraction of sp³-hybridized carbons (Fsp3) is 0.227. The smallest absolute Gasteiger partial charge is 0.243 e. The number of thiazole rings is 1. The SMILES string of the molecule is O=S(=O)(c1ccc(F)cc1)N(CCc1csc2nc(-c3ccccc3)cn12)C1CC1. The standard InChI is InChI=1S/C22H20FN3O2S2/c23-17-6-10-20(11-7-17)30(27,28)26(18-8-9-18)13-12-19-15-29-22-24-21(14-25(19)22)16-4-2-1-3-5-16/h1-7,10-11,14-15,18H,8-9,12-13H2. The number of fused-ring (bicyclic) bond motifs is 1. The molecule has 0 spiro atoms. The van der Waals surface area contributed by atoms with Gasteiger partial charge in [-0.15, -0.1) is 11.3 Å². The maximum atomic E-state index is 13.2. The van der Waals surface area contributed by atoms with Crippen LogP contribution in [0, 0.1) is 5.82 Å². The minimum Gasteiger partial charge on any atom is -0.294 e. The van der Waals surface area contributed by atoms with Gasteiger partial charge in [-0.1, -0.05) is 30.3 Å². The number of benzene rings is 2. The fourth-order valence-electron chi connectivity index (χ4n) is 3.59. The third-order valence-corrected chi connectivity index (χ3v) is 8.17. The van der Waals surface area contributed by atoms with Crippen LogP contribution in [0.5, 0.6) is 0 Å². The van der Waals surface area contributed by atoms with E-state index in [1.165, 1.54) is 24.3 Å². The second kappa shape index (κ2) is 7.61. The summed E-state index contributed by atoms with van der Waals surface area (Å²) in [4.78, 5) is 5.73. The first-order valence-electron chi connectivity index (χ1n) is 9.81. The van der Waals surface area contributed by atoms with Crippen LogP contribution in [0.15, 0.2) is 71.1 Å². The van der Waals surface area contributed by atoms with Gasteiger partial charge in [-0.05, 0) is 37.1 Å². The molecule has 8 heteroatoms. The van der Waals surface area contributed by atoms with Gasteiger partial charge in [-0.3, -0.25) is 4.40 Å². The summed E-state index contributed by atoms with van der Waals surface area (Å²) in [6, 6.07) is 15.1. The van der Waals surface area contributed by atoms with Gasteiger partial charge in [-0.2, -0.15) is 4.31 Å². The Morgan fingerprint density at radius 1 is 1.10 bits per heavy atom. The highest BCUT2D eigenvalue weighted by Crippen LogP contribution is 2.33. The lowest BCUT2D eigenvalue weighted by Gasteiger charge is -2.21. The largest absolute Gasteiger partial charge is 0.294 e. The van der Waals surface area contributed by atoms with Gasteiger partial charge in [0.1, 0.15) is 5.82 Å². The molecule has 1 fully saturated rings. The molecule has 2 aromatic carbocycles. The minimum atomic E-state index is -3.65. The van der Waals surface area contributed by atoms with Gasteiger partial charge in [0.2, 0.25) is 10.0 Å². The summed E-state index contributed by atoms with van der Waals surface area (Å²) in [5.74, 6) is -0.443. The Morgan fingerprint density at radius 2 is 1.83 bits per heavy atom. The second-order valence-corrected chi connectivity index (χ2v) is 10.1. The van der Waals surface area contributed by atoms with Crippen molar-refractivity contribution in [3.8, 4) is 11.3 Å². The van der Waals surface area contributed by atoms with Crippen molar-refractivity contribution in [2.45, 2.75) is 30.2 Å². The molecule has 154 valence electrons. The third-order valence-electron chi connectivity index (χ3n) is 5.32. The van der Waals surface area contributed by atoms with E-state index in [4.69, 9.17) is 4.98 Å². The predicted octanol–water partition coefficient (Wildman–Crippen LogP) is 4.60. The van der Waals surface area contributed by atoms with Crippen LogP contribution in [-0.2, 0) is 16.4 Å². The molecule has 0 N–H and O–H groups in total. The Morgan fingerprint density at radius 3 is 2.53 bits per heavy atom. The number of aromatic nitrogens is 2. The normalized spacial score (nSPS) is 14.6. The maximum Gasteiger partial charge on any atom is 0.243 e. The van der Waals surface area contributed by atoms with Crippen LogP contribution < -0.4 is 0 Å². The number of hydrogen-bond acceptors (Lipinski definition) is 4. The molecule has 0 radical (unpaired) electrons. The first kappa shape index (κ1) is 19.4. The van der Waals surface area contributed by atoms with Crippen molar-refractivity contribution in [2.75, 3.05) is 6.54 Å². The van der Waals surface area contributed by atoms with Crippen molar-refractivity contribution in [1.82, 2.24) is 13.7 Å². The highest BCUT2D eigenvalue weighted by Gasteiger charge is 2.37. The molecule has 0 unspecified atom stereocenters. The summed E-state index contributed by atoms with van der Waals surface area (Å²) in [5.41, 5.74) is 2.99. The van der Waals surface area contributed by atoms with E-state index in [1.807, 2.05) is 46.3 Å². The molecule has 5 nitrogen and oxygen atoms in total. The van der Waals surface area contributed by atoms with E-state index < -0.39 is 15.8 Å². The average Bonchev–Trinajstić information content (AvgIpc) is 3.37. The van der Waals surface area contributed by atoms with Crippen LogP contribution in [0.25, 0.3) is 16.2 Å². The lowest BCUT2D eigenvalue weighted by atomic mass is 10.2. The molecule has 2 aromatic heterocycles. The zero-order valence-electron chi connectivity index (χ0n) is 16.1. The maximum absolute atomic E-state index is 13.2. The van der Waals surface area contributed by atoms with E-state index in [2.05, 4.69) is 0 Å². The van der Waals surface area contributed by atoms with Crippen LogP contribution in [0.2, 0.25) is 0 Å². The van der Waals surface area contributed by atoms with E-state index in [0.717, 1.165) is 34.8 Å². The van der Waals surface area contributed by atoms with Gasteiger partial charge in [0.15, 0.2) is 4.96 Å². The quantitative estimate of drug-likeness (QED) is 0.421. The monoisotopic (exact) mass is 441 g/mol. The molecule has 1 aliphatic carbocycles. The van der Waals surface area contributed by atoms with E-state index in [1.54, 1.807) is 15.6 Å². The van der Waals surface area contributed by atoms with Crippen molar-refractivity contribution >= 4 is 26.3 Å². The van der Waals surface area contributed by atoms with Crippen molar-refractivity contribution in [1.29, 1.82) is 0 Å². The summed E-state index contributed by atoms with van der Waals surface area (Å²) < 4.78 is 43.1. The van der Waals surface area contributed by atoms with Crippen molar-refractivity contribution in [3.05, 3.63) is 77.7 Å². The van der Waals surface area contributed by atoms with Gasteiger partial charge < -0.3 is 0 Å². The topological polar surface area (TPSA) is 54.7 Å². The van der Waals surface area contributed by atoms with E-state index in [0.29, 0.717) is 13.0 Å². The van der Waals surface area contributed by atoms with Gasteiger partial charge in [0.25, 0.3) is 0 Å². The van der Waals surface area contributed by atoms with Crippen LogP contribution in [0.4, 0.5) is 4.39 Å². The second-order valence-electron chi connectivity index (χ2n) is 7.42. The molecule has 30 heavy (non-hydrogen) atoms. The highest BCUT2D eigenvalue weighted by atomic mass is 32.2. The summed E-state index contributed by atoms with van der Waals surface area (Å²) in [5, 5.41) is 2.03. The Kier molecular flexibility index (Phi) is 4.92. The first-order chi connectivity index (χ1) is 14.5. The summed E-state index contributed by atoms with van der Waals surface area (Å²) in [6.07, 6.45) is 4.32. The average molecular weight is 442 g/mol. The fourth-order valence-corrected chi connectivity index (χ4v) is 6.18. The summed E-state index contributed by atoms with van der Waals surface area (Å²) in [6.45, 7) is 0.384. The predicted molar refractivity (Wildman–Crippen MR) is 116 cm³/mol. The summed E-state index contributed by atoms with van der Waals surface area (Å²) >= 11 is 1.55. The molecule has 2 heterocycles. The van der Waals surface area contributed by atoms with E-state index >= 15 is 0 Å². The zero-order chi connectivity index (χ0) is 20.7. The molecular weight excluding hydrogens is 421 g/mol. The molecule has 0 amide bonds. The molecule has 0 saturated heterocycles. The van der Waals surface area contributed by atoms with Crippen molar-refractivity contribution < 1.29 is 12.8 Å². The molecule has 0 aliphatic heterocycles. The molecule has 0 atom stereocenters. The first-order valence-corrected chi connectivity index (χ1v) is 12.1. The minimum absolute atomic E-state index is 0.0249. The van der Waals surface area contributed by atoms with Gasteiger partial charge in [-0.25, -0.2) is 17.8 Å². The van der Waals surface area contributed by atoms with Gasteiger partial charge in [0, 0.05) is 41.8 Å². The number of hydrogen-bond donors (Lipinski definition) is 0. The number of nitrogens with zero attached hydrogens (tertiary/aromatic N) is 3. The number of rotatable bonds is 7. The Balaban J connectivity index is 1.39.